The number of carboxylic acid groups (broad SMARTS) is 1. The smallest absolute Gasteiger partial charge is 0.335 e. The highest BCUT2D eigenvalue weighted by atomic mass is 16.5. The van der Waals surface area contributed by atoms with Crippen molar-refractivity contribution in [1.29, 1.82) is 0 Å². The summed E-state index contributed by atoms with van der Waals surface area (Å²) < 4.78 is 5.52. The number of carboxylic acids is 1. The van der Waals surface area contributed by atoms with Gasteiger partial charge in [0.15, 0.2) is 0 Å². The number of piperidine rings is 1. The lowest BCUT2D eigenvalue weighted by Gasteiger charge is -2.34. The molecule has 2 N–H and O–H groups in total. The minimum absolute atomic E-state index is 0.00176. The van der Waals surface area contributed by atoms with Crippen molar-refractivity contribution in [3.63, 3.8) is 0 Å². The maximum Gasteiger partial charge on any atom is 0.335 e. The largest absolute Gasteiger partial charge is 0.492 e. The third-order valence-electron chi connectivity index (χ3n) is 5.28. The third-order valence-corrected chi connectivity index (χ3v) is 5.28. The van der Waals surface area contributed by atoms with Gasteiger partial charge in [-0.15, -0.1) is 0 Å². The molecule has 2 fully saturated rings. The van der Waals surface area contributed by atoms with Gasteiger partial charge in [-0.1, -0.05) is 0 Å². The topological polar surface area (TPSA) is 99.2 Å². The number of nitrogens with one attached hydrogen (secondary N) is 1. The van der Waals surface area contributed by atoms with E-state index in [1.54, 1.807) is 12.1 Å². The van der Waals surface area contributed by atoms with Crippen LogP contribution in [0.4, 0.5) is 4.79 Å². The number of urea groups is 1. The number of aromatic carboxylic acids is 1. The Morgan fingerprint density at radius 1 is 1.00 bits per heavy atom. The zero-order valence-corrected chi connectivity index (χ0v) is 15.9. The van der Waals surface area contributed by atoms with E-state index in [1.165, 1.54) is 12.1 Å². The van der Waals surface area contributed by atoms with Crippen LogP contribution in [0.15, 0.2) is 24.3 Å². The summed E-state index contributed by atoms with van der Waals surface area (Å²) in [4.78, 5) is 39.3. The first kappa shape index (κ1) is 20.0. The number of carbonyl (C=O) groups excluding carboxylic acids is 2. The average Bonchev–Trinajstić information content (AvgIpc) is 3.26. The molecule has 3 rings (SSSR count). The molecule has 28 heavy (non-hydrogen) atoms. The lowest BCUT2D eigenvalue weighted by molar-refractivity contribution is -0.126. The molecular weight excluding hydrogens is 362 g/mol. The molecule has 0 radical (unpaired) electrons. The molecule has 0 bridgehead atoms. The van der Waals surface area contributed by atoms with Crippen LogP contribution in [0.5, 0.6) is 5.75 Å². The zero-order chi connectivity index (χ0) is 19.9. The maximum absolute atomic E-state index is 12.4. The van der Waals surface area contributed by atoms with Crippen LogP contribution in [-0.4, -0.2) is 72.1 Å². The SMILES string of the molecule is O=C(O)c1ccc(OCCNC(=O)C2CCN(C(=O)N3CCCC3)CC2)cc1. The van der Waals surface area contributed by atoms with Gasteiger partial charge in [0.05, 0.1) is 12.1 Å². The van der Waals surface area contributed by atoms with Crippen molar-refractivity contribution in [2.75, 3.05) is 39.3 Å². The van der Waals surface area contributed by atoms with Crippen LogP contribution >= 0.6 is 0 Å². The summed E-state index contributed by atoms with van der Waals surface area (Å²) in [7, 11) is 0. The third kappa shape index (κ3) is 5.15. The Hall–Kier alpha value is -2.77. The molecule has 8 heteroatoms. The van der Waals surface area contributed by atoms with Crippen molar-refractivity contribution in [1.82, 2.24) is 15.1 Å². The van der Waals surface area contributed by atoms with Crippen LogP contribution in [0.3, 0.4) is 0 Å². The van der Waals surface area contributed by atoms with Gasteiger partial charge in [0.1, 0.15) is 12.4 Å². The second-order valence-corrected chi connectivity index (χ2v) is 7.21. The van der Waals surface area contributed by atoms with Crippen molar-refractivity contribution in [2.24, 2.45) is 5.92 Å². The van der Waals surface area contributed by atoms with Crippen LogP contribution in [0, 0.1) is 5.92 Å². The minimum Gasteiger partial charge on any atom is -0.492 e. The summed E-state index contributed by atoms with van der Waals surface area (Å²) in [6, 6.07) is 6.26. The van der Waals surface area contributed by atoms with Gasteiger partial charge in [-0.3, -0.25) is 4.79 Å². The highest BCUT2D eigenvalue weighted by molar-refractivity contribution is 5.87. The molecule has 3 amide bonds. The van der Waals surface area contributed by atoms with Gasteiger partial charge in [0.25, 0.3) is 0 Å². The lowest BCUT2D eigenvalue weighted by Crippen LogP contribution is -2.48. The lowest BCUT2D eigenvalue weighted by atomic mass is 9.96. The molecule has 1 aromatic rings. The molecule has 2 saturated heterocycles. The van der Waals surface area contributed by atoms with E-state index in [-0.39, 0.29) is 23.4 Å². The fourth-order valence-electron chi connectivity index (χ4n) is 3.62. The molecule has 2 aliphatic rings. The molecular formula is C20H27N3O5. The highest BCUT2D eigenvalue weighted by Gasteiger charge is 2.30. The van der Waals surface area contributed by atoms with Gasteiger partial charge >= 0.3 is 12.0 Å². The van der Waals surface area contributed by atoms with E-state index in [4.69, 9.17) is 9.84 Å². The number of ether oxygens (including phenoxy) is 1. The summed E-state index contributed by atoms with van der Waals surface area (Å²) in [5, 5.41) is 11.7. The van der Waals surface area contributed by atoms with Crippen molar-refractivity contribution in [3.05, 3.63) is 29.8 Å². The molecule has 0 aromatic heterocycles. The molecule has 2 aliphatic heterocycles. The quantitative estimate of drug-likeness (QED) is 0.723. The van der Waals surface area contributed by atoms with E-state index in [0.29, 0.717) is 44.8 Å². The van der Waals surface area contributed by atoms with Crippen LogP contribution < -0.4 is 10.1 Å². The van der Waals surface area contributed by atoms with Gasteiger partial charge in [0, 0.05) is 32.1 Å². The Morgan fingerprint density at radius 3 is 2.21 bits per heavy atom. The molecule has 0 unspecified atom stereocenters. The molecule has 152 valence electrons. The Balaban J connectivity index is 1.33. The monoisotopic (exact) mass is 389 g/mol. The Kier molecular flexibility index (Phi) is 6.73. The first-order valence-electron chi connectivity index (χ1n) is 9.82. The van der Waals surface area contributed by atoms with Crippen LogP contribution in [0.1, 0.15) is 36.0 Å². The summed E-state index contributed by atoms with van der Waals surface area (Å²) in [6.07, 6.45) is 3.53. The van der Waals surface area contributed by atoms with Gasteiger partial charge in [-0.2, -0.15) is 0 Å². The van der Waals surface area contributed by atoms with E-state index in [1.807, 2.05) is 9.80 Å². The summed E-state index contributed by atoms with van der Waals surface area (Å²) >= 11 is 0. The predicted octanol–water partition coefficient (Wildman–Crippen LogP) is 1.81. The fraction of sp³-hybridized carbons (Fsp3) is 0.550. The molecule has 0 atom stereocenters. The zero-order valence-electron chi connectivity index (χ0n) is 15.9. The molecule has 0 saturated carbocycles. The van der Waals surface area contributed by atoms with Crippen LogP contribution in [0.2, 0.25) is 0 Å². The number of hydrogen-bond donors (Lipinski definition) is 2. The molecule has 8 nitrogen and oxygen atoms in total. The van der Waals surface area contributed by atoms with Gasteiger partial charge in [-0.05, 0) is 49.9 Å². The van der Waals surface area contributed by atoms with E-state index in [9.17, 15) is 14.4 Å². The van der Waals surface area contributed by atoms with E-state index >= 15 is 0 Å². The predicted molar refractivity (Wildman–Crippen MR) is 102 cm³/mol. The summed E-state index contributed by atoms with van der Waals surface area (Å²) in [5.74, 6) is -0.490. The van der Waals surface area contributed by atoms with E-state index < -0.39 is 5.97 Å². The minimum atomic E-state index is -0.980. The van der Waals surface area contributed by atoms with Crippen LogP contribution in [0.25, 0.3) is 0 Å². The second-order valence-electron chi connectivity index (χ2n) is 7.21. The molecule has 0 aliphatic carbocycles. The molecule has 0 spiro atoms. The first-order valence-corrected chi connectivity index (χ1v) is 9.82. The van der Waals surface area contributed by atoms with Gasteiger partial charge in [-0.25, -0.2) is 9.59 Å². The van der Waals surface area contributed by atoms with Gasteiger partial charge in [0.2, 0.25) is 5.91 Å². The fourth-order valence-corrected chi connectivity index (χ4v) is 3.62. The normalized spacial score (nSPS) is 17.4. The standard InChI is InChI=1S/C20H27N3O5/c24-18(21-9-14-28-17-5-3-16(4-6-17)19(25)26)15-7-12-23(13-8-15)20(27)22-10-1-2-11-22/h3-6,15H,1-2,7-14H2,(H,21,24)(H,25,26). The number of carbonyl (C=O) groups is 3. The van der Waals surface area contributed by atoms with Crippen molar-refractivity contribution in [3.8, 4) is 5.75 Å². The van der Waals surface area contributed by atoms with Gasteiger partial charge < -0.3 is 25.0 Å². The Labute approximate surface area is 164 Å². The summed E-state index contributed by atoms with van der Waals surface area (Å²) in [5.41, 5.74) is 0.204. The number of likely N-dealkylation sites (tertiary alicyclic amines) is 2. The first-order chi connectivity index (χ1) is 13.5. The number of rotatable bonds is 6. The van der Waals surface area contributed by atoms with E-state index in [2.05, 4.69) is 5.32 Å². The number of hydrogen-bond acceptors (Lipinski definition) is 4. The number of nitrogens with zero attached hydrogens (tertiary/aromatic N) is 2. The average molecular weight is 389 g/mol. The van der Waals surface area contributed by atoms with Crippen LogP contribution in [-0.2, 0) is 4.79 Å². The summed E-state index contributed by atoms with van der Waals surface area (Å²) in [6.45, 7) is 3.63. The molecule has 2 heterocycles. The second kappa shape index (κ2) is 9.43. The van der Waals surface area contributed by atoms with E-state index in [0.717, 1.165) is 25.9 Å². The van der Waals surface area contributed by atoms with Crippen molar-refractivity contribution in [2.45, 2.75) is 25.7 Å². The van der Waals surface area contributed by atoms with Crippen molar-refractivity contribution >= 4 is 17.9 Å². The van der Waals surface area contributed by atoms with Crippen molar-refractivity contribution < 1.29 is 24.2 Å². The Morgan fingerprint density at radius 2 is 1.61 bits per heavy atom. The number of benzene rings is 1. The Bertz CT molecular complexity index is 692. The number of amides is 3. The highest BCUT2D eigenvalue weighted by Crippen LogP contribution is 2.20. The maximum atomic E-state index is 12.4. The molecule has 1 aromatic carbocycles.